The van der Waals surface area contributed by atoms with Crippen molar-refractivity contribution >= 4 is 33.8 Å². The Kier molecular flexibility index (Phi) is 4.61. The lowest BCUT2D eigenvalue weighted by molar-refractivity contribution is 0.480. The smallest absolute Gasteiger partial charge is 0.219 e. The quantitative estimate of drug-likeness (QED) is 0.411. The topological polar surface area (TPSA) is 82.6 Å². The molecule has 3 aromatic carbocycles. The molecule has 1 heterocycles. The Bertz CT molecular complexity index is 1130. The van der Waals surface area contributed by atoms with E-state index in [4.69, 9.17) is 0 Å². The van der Waals surface area contributed by atoms with Crippen LogP contribution in [0.1, 0.15) is 0 Å². The fourth-order valence-electron chi connectivity index (χ4n) is 2.56. The highest BCUT2D eigenvalue weighted by atomic mass is 16.3. The Morgan fingerprint density at radius 2 is 1.00 bits per heavy atom. The Morgan fingerprint density at radius 1 is 0.519 bits per heavy atom. The monoisotopic (exact) mass is 353 g/mol. The molecule has 1 N–H and O–H groups in total. The number of nitrogens with zero attached hydrogens (tertiary/aromatic N) is 5. The second kappa shape index (κ2) is 7.53. The van der Waals surface area contributed by atoms with Gasteiger partial charge in [0.25, 0.3) is 0 Å². The summed E-state index contributed by atoms with van der Waals surface area (Å²) in [6.45, 7) is 0. The average molecular weight is 353 g/mol. The van der Waals surface area contributed by atoms with E-state index < -0.39 is 0 Å². The molecule has 0 atom stereocenters. The summed E-state index contributed by atoms with van der Waals surface area (Å²) in [7, 11) is 0. The molecule has 0 spiro atoms. The number of hydrogen-bond donors (Lipinski definition) is 1. The number of benzene rings is 3. The molecular formula is C21H15N5O. The van der Waals surface area contributed by atoms with Gasteiger partial charge in [-0.2, -0.15) is 0 Å². The van der Waals surface area contributed by atoms with Crippen molar-refractivity contribution in [3.8, 4) is 5.75 Å². The third kappa shape index (κ3) is 3.69. The minimum atomic E-state index is -0.0380. The molecule has 1 aromatic heterocycles. The van der Waals surface area contributed by atoms with Gasteiger partial charge in [0.2, 0.25) is 5.82 Å². The molecule has 0 aliphatic carbocycles. The molecule has 130 valence electrons. The maximum Gasteiger partial charge on any atom is 0.219 e. The predicted octanol–water partition coefficient (Wildman–Crippen LogP) is 6.77. The Morgan fingerprint density at radius 3 is 1.59 bits per heavy atom. The van der Waals surface area contributed by atoms with E-state index in [-0.39, 0.29) is 11.6 Å². The highest BCUT2D eigenvalue weighted by Gasteiger charge is 2.12. The molecule has 0 aliphatic heterocycles. The molecule has 0 fully saturated rings. The SMILES string of the molecule is Oc1c(N=Nc2ccccc2)nc(N=Nc2ccccc2)c2ccccc12. The zero-order chi connectivity index (χ0) is 18.5. The number of hydrogen-bond acceptors (Lipinski definition) is 6. The maximum atomic E-state index is 10.5. The van der Waals surface area contributed by atoms with E-state index in [0.29, 0.717) is 28.0 Å². The van der Waals surface area contributed by atoms with Crippen LogP contribution in [0.5, 0.6) is 5.75 Å². The standard InChI is InChI=1S/C21H15N5O/c27-19-17-13-7-8-14-18(17)20(25-23-15-9-3-1-4-10-15)22-21(19)26-24-16-11-5-2-6-12-16/h1-14,27H. The normalized spacial score (nSPS) is 11.6. The van der Waals surface area contributed by atoms with Crippen LogP contribution in [0.3, 0.4) is 0 Å². The van der Waals surface area contributed by atoms with Gasteiger partial charge in [-0.1, -0.05) is 60.7 Å². The molecule has 0 amide bonds. The van der Waals surface area contributed by atoms with Gasteiger partial charge >= 0.3 is 0 Å². The molecule has 4 aromatic rings. The van der Waals surface area contributed by atoms with Crippen LogP contribution in [0.15, 0.2) is 105 Å². The number of aromatic hydroxyl groups is 1. The largest absolute Gasteiger partial charge is 0.504 e. The van der Waals surface area contributed by atoms with Gasteiger partial charge < -0.3 is 5.11 Å². The van der Waals surface area contributed by atoms with Crippen molar-refractivity contribution in [2.45, 2.75) is 0 Å². The third-order valence-electron chi connectivity index (χ3n) is 3.88. The van der Waals surface area contributed by atoms with Crippen LogP contribution in [0, 0.1) is 0 Å². The fourth-order valence-corrected chi connectivity index (χ4v) is 2.56. The first-order valence-corrected chi connectivity index (χ1v) is 8.36. The molecule has 0 unspecified atom stereocenters. The van der Waals surface area contributed by atoms with Crippen molar-refractivity contribution in [3.63, 3.8) is 0 Å². The molecule has 27 heavy (non-hydrogen) atoms. The van der Waals surface area contributed by atoms with Crippen molar-refractivity contribution in [2.24, 2.45) is 20.5 Å². The molecule has 6 nitrogen and oxygen atoms in total. The van der Waals surface area contributed by atoms with Gasteiger partial charge in [0.15, 0.2) is 11.6 Å². The van der Waals surface area contributed by atoms with Crippen LogP contribution in [-0.4, -0.2) is 10.1 Å². The predicted molar refractivity (Wildman–Crippen MR) is 105 cm³/mol. The molecule has 0 bridgehead atoms. The van der Waals surface area contributed by atoms with E-state index in [9.17, 15) is 5.11 Å². The Balaban J connectivity index is 1.79. The molecular weight excluding hydrogens is 338 g/mol. The van der Waals surface area contributed by atoms with Gasteiger partial charge in [-0.3, -0.25) is 0 Å². The van der Waals surface area contributed by atoms with Crippen LogP contribution < -0.4 is 0 Å². The van der Waals surface area contributed by atoms with E-state index in [1.807, 2.05) is 78.9 Å². The van der Waals surface area contributed by atoms with Crippen molar-refractivity contribution in [1.82, 2.24) is 4.98 Å². The highest BCUT2D eigenvalue weighted by Crippen LogP contribution is 2.38. The second-order valence-corrected chi connectivity index (χ2v) is 5.72. The van der Waals surface area contributed by atoms with Crippen LogP contribution >= 0.6 is 0 Å². The molecule has 0 aliphatic rings. The Labute approximate surface area is 155 Å². The molecule has 6 heteroatoms. The average Bonchev–Trinajstić information content (AvgIpc) is 2.74. The number of aromatic nitrogens is 1. The van der Waals surface area contributed by atoms with Crippen LogP contribution in [0.25, 0.3) is 10.8 Å². The third-order valence-corrected chi connectivity index (χ3v) is 3.88. The summed E-state index contributed by atoms with van der Waals surface area (Å²) in [4.78, 5) is 4.36. The molecule has 0 saturated carbocycles. The molecule has 4 rings (SSSR count). The number of rotatable bonds is 4. The highest BCUT2D eigenvalue weighted by molar-refractivity contribution is 5.97. The van der Waals surface area contributed by atoms with Crippen LogP contribution in [0.2, 0.25) is 0 Å². The van der Waals surface area contributed by atoms with Crippen molar-refractivity contribution in [2.75, 3.05) is 0 Å². The van der Waals surface area contributed by atoms with Crippen molar-refractivity contribution in [1.29, 1.82) is 0 Å². The summed E-state index contributed by atoms with van der Waals surface area (Å²) >= 11 is 0. The Hall–Kier alpha value is -3.93. The maximum absolute atomic E-state index is 10.5. The van der Waals surface area contributed by atoms with Gasteiger partial charge in [-0.25, -0.2) is 4.98 Å². The molecule has 0 radical (unpaired) electrons. The van der Waals surface area contributed by atoms with E-state index in [0.717, 1.165) is 0 Å². The number of pyridine rings is 1. The van der Waals surface area contributed by atoms with E-state index in [1.165, 1.54) is 0 Å². The summed E-state index contributed by atoms with van der Waals surface area (Å²) < 4.78 is 0. The van der Waals surface area contributed by atoms with E-state index in [2.05, 4.69) is 25.4 Å². The minimum absolute atomic E-state index is 0.0380. The minimum Gasteiger partial charge on any atom is -0.504 e. The summed E-state index contributed by atoms with van der Waals surface area (Å²) in [6, 6.07) is 25.9. The van der Waals surface area contributed by atoms with Gasteiger partial charge in [0, 0.05) is 10.8 Å². The summed E-state index contributed by atoms with van der Waals surface area (Å²) in [6.07, 6.45) is 0. The first-order chi connectivity index (χ1) is 13.3. The summed E-state index contributed by atoms with van der Waals surface area (Å²) in [5.41, 5.74) is 1.38. The zero-order valence-electron chi connectivity index (χ0n) is 14.3. The van der Waals surface area contributed by atoms with Crippen LogP contribution in [0.4, 0.5) is 23.0 Å². The zero-order valence-corrected chi connectivity index (χ0v) is 14.3. The first kappa shape index (κ1) is 16.5. The summed E-state index contributed by atoms with van der Waals surface area (Å²) in [5.74, 6) is 0.428. The van der Waals surface area contributed by atoms with Crippen molar-refractivity contribution in [3.05, 3.63) is 84.9 Å². The lowest BCUT2D eigenvalue weighted by atomic mass is 10.1. The van der Waals surface area contributed by atoms with E-state index in [1.54, 1.807) is 6.07 Å². The van der Waals surface area contributed by atoms with Gasteiger partial charge in [-0.15, -0.1) is 20.5 Å². The van der Waals surface area contributed by atoms with Gasteiger partial charge in [0.1, 0.15) is 0 Å². The lowest BCUT2D eigenvalue weighted by Crippen LogP contribution is -1.82. The van der Waals surface area contributed by atoms with Crippen molar-refractivity contribution < 1.29 is 5.11 Å². The van der Waals surface area contributed by atoms with E-state index >= 15 is 0 Å². The second-order valence-electron chi connectivity index (χ2n) is 5.72. The summed E-state index contributed by atoms with van der Waals surface area (Å²) in [5, 5.41) is 28.6. The van der Waals surface area contributed by atoms with Gasteiger partial charge in [0.05, 0.1) is 11.4 Å². The fraction of sp³-hybridized carbons (Fsp3) is 0. The molecule has 0 saturated heterocycles. The first-order valence-electron chi connectivity index (χ1n) is 8.36. The van der Waals surface area contributed by atoms with Crippen LogP contribution in [-0.2, 0) is 0 Å². The number of azo groups is 2. The number of fused-ring (bicyclic) bond motifs is 1. The lowest BCUT2D eigenvalue weighted by Gasteiger charge is -2.05. The van der Waals surface area contributed by atoms with Gasteiger partial charge in [-0.05, 0) is 24.3 Å².